The van der Waals surface area contributed by atoms with Gasteiger partial charge < -0.3 is 14.6 Å². The first-order valence-corrected chi connectivity index (χ1v) is 10.0. The highest BCUT2D eigenvalue weighted by Gasteiger charge is 2.27. The topological polar surface area (TPSA) is 69.7 Å². The van der Waals surface area contributed by atoms with Crippen LogP contribution in [0.3, 0.4) is 0 Å². The molecule has 148 valence electrons. The maximum absolute atomic E-state index is 12.3. The van der Waals surface area contributed by atoms with Gasteiger partial charge in [0.2, 0.25) is 0 Å². The van der Waals surface area contributed by atoms with Gasteiger partial charge in [-0.1, -0.05) is 13.0 Å². The first-order valence-electron chi connectivity index (χ1n) is 10.0. The van der Waals surface area contributed by atoms with Crippen LogP contribution in [0, 0.1) is 0 Å². The van der Waals surface area contributed by atoms with E-state index in [2.05, 4.69) is 11.9 Å². The number of ether oxygens (including phenoxy) is 2. The molecule has 0 saturated heterocycles. The van der Waals surface area contributed by atoms with E-state index in [1.807, 2.05) is 32.0 Å². The maximum atomic E-state index is 12.3. The zero-order valence-corrected chi connectivity index (χ0v) is 16.8. The van der Waals surface area contributed by atoms with Gasteiger partial charge in [-0.3, -0.25) is 4.79 Å². The largest absolute Gasteiger partial charge is 0.511 e. The van der Waals surface area contributed by atoms with Crippen molar-refractivity contribution >= 4 is 11.5 Å². The molecule has 0 saturated carbocycles. The molecule has 0 spiro atoms. The molecule has 1 aromatic rings. The number of carbonyl (C=O) groups is 1. The Morgan fingerprint density at radius 3 is 2.52 bits per heavy atom. The molecule has 0 heterocycles. The minimum atomic E-state index is 0.0504. The number of rotatable bonds is 10. The van der Waals surface area contributed by atoms with Crippen LogP contribution in [0.5, 0.6) is 11.5 Å². The number of aliphatic hydroxyl groups is 1. The van der Waals surface area contributed by atoms with E-state index >= 15 is 0 Å². The molecule has 0 fully saturated rings. The van der Waals surface area contributed by atoms with Crippen molar-refractivity contribution in [3.8, 4) is 11.5 Å². The molecular weight excluding hydrogens is 342 g/mol. The van der Waals surface area contributed by atoms with Gasteiger partial charge in [-0.25, -0.2) is 4.99 Å². The molecule has 1 aliphatic rings. The number of carbonyl (C=O) groups excluding carboxylic acids is 1. The van der Waals surface area contributed by atoms with Crippen LogP contribution in [0.1, 0.15) is 58.4 Å². The molecule has 0 radical (unpaired) electrons. The van der Waals surface area contributed by atoms with Crippen LogP contribution in [0.4, 0.5) is 0 Å². The van der Waals surface area contributed by atoms with Crippen LogP contribution in [-0.2, 0) is 11.2 Å². The second-order valence-corrected chi connectivity index (χ2v) is 6.65. The number of ketones is 1. The average Bonchev–Trinajstić information content (AvgIpc) is 2.64. The number of hydrogen-bond acceptors (Lipinski definition) is 4. The first kappa shape index (κ1) is 21.0. The van der Waals surface area contributed by atoms with Crippen molar-refractivity contribution in [2.24, 2.45) is 0 Å². The van der Waals surface area contributed by atoms with Gasteiger partial charge in [0.25, 0.3) is 0 Å². The highest BCUT2D eigenvalue weighted by molar-refractivity contribution is 6.21. The Morgan fingerprint density at radius 1 is 1.11 bits per heavy atom. The van der Waals surface area contributed by atoms with Crippen molar-refractivity contribution in [3.63, 3.8) is 0 Å². The van der Waals surface area contributed by atoms with Crippen LogP contribution in [0.2, 0.25) is 0 Å². The highest BCUT2D eigenvalue weighted by atomic mass is 16.5. The lowest BCUT2D eigenvalue weighted by atomic mass is 9.91. The summed E-state index contributed by atoms with van der Waals surface area (Å²) < 4.78 is 11.3. The smallest absolute Gasteiger partial charge is 0.188 e. The summed E-state index contributed by atoms with van der Waals surface area (Å²) in [6.07, 6.45) is 4.32. The van der Waals surface area contributed by atoms with Crippen LogP contribution in [0.15, 0.2) is 29.5 Å². The fraction of sp³-hybridized carbons (Fsp3) is 0.545. The average molecular weight is 375 g/mol. The molecule has 0 unspecified atom stereocenters. The molecule has 0 bridgehead atoms. The molecule has 1 aromatic carbocycles. The van der Waals surface area contributed by atoms with Gasteiger partial charge in [0.1, 0.15) is 17.9 Å². The second kappa shape index (κ2) is 10.8. The zero-order valence-electron chi connectivity index (χ0n) is 16.8. The molecule has 5 heteroatoms. The second-order valence-electron chi connectivity index (χ2n) is 6.65. The standard InChI is InChI=1S/C22H31NO4/c1-4-8-17(22-18(24)9-7-10-19(22)25)23-14-13-16-11-12-20(26-5-2)21(15-16)27-6-3/h11-12,15,24H,4-10,13-14H2,1-3H3/p+1. The summed E-state index contributed by atoms with van der Waals surface area (Å²) in [5.41, 5.74) is 2.53. The van der Waals surface area contributed by atoms with Gasteiger partial charge in [-0.15, -0.1) is 0 Å². The minimum absolute atomic E-state index is 0.0504. The van der Waals surface area contributed by atoms with Crippen molar-refractivity contribution in [2.45, 2.75) is 59.3 Å². The quantitative estimate of drug-likeness (QED) is 0.618. The highest BCUT2D eigenvalue weighted by Crippen LogP contribution is 2.28. The Bertz CT molecular complexity index is 706. The predicted octanol–water partition coefficient (Wildman–Crippen LogP) is 2.91. The molecule has 0 aliphatic heterocycles. The molecule has 2 rings (SSSR count). The predicted molar refractivity (Wildman–Crippen MR) is 107 cm³/mol. The lowest BCUT2D eigenvalue weighted by Gasteiger charge is -2.14. The van der Waals surface area contributed by atoms with Crippen molar-refractivity contribution in [3.05, 3.63) is 35.1 Å². The number of benzene rings is 1. The monoisotopic (exact) mass is 374 g/mol. The molecule has 0 atom stereocenters. The fourth-order valence-electron chi connectivity index (χ4n) is 3.33. The molecule has 2 N–H and O–H groups in total. The van der Waals surface area contributed by atoms with Gasteiger partial charge in [0, 0.05) is 25.7 Å². The third-order valence-electron chi connectivity index (χ3n) is 4.55. The van der Waals surface area contributed by atoms with Crippen LogP contribution in [0.25, 0.3) is 0 Å². The molecule has 5 nitrogen and oxygen atoms in total. The molecule has 0 aromatic heterocycles. The summed E-state index contributed by atoms with van der Waals surface area (Å²) in [5.74, 6) is 1.81. The summed E-state index contributed by atoms with van der Waals surface area (Å²) >= 11 is 0. The van der Waals surface area contributed by atoms with Crippen molar-refractivity contribution in [1.82, 2.24) is 0 Å². The maximum Gasteiger partial charge on any atom is 0.188 e. The van der Waals surface area contributed by atoms with Crippen molar-refractivity contribution in [2.75, 3.05) is 19.8 Å². The SMILES string of the molecule is CCCC(=[NH+]CCc1ccc(OCC)c(OCC)c1)C1=C(O)CCCC1=O. The Balaban J connectivity index is 2.13. The normalized spacial score (nSPS) is 15.2. The zero-order chi connectivity index (χ0) is 19.6. The van der Waals surface area contributed by atoms with Crippen LogP contribution >= 0.6 is 0 Å². The van der Waals surface area contributed by atoms with Gasteiger partial charge in [-0.05, 0) is 44.4 Å². The number of Topliss-reactive ketones (excluding diaryl/α,β-unsaturated/α-hetero) is 1. The van der Waals surface area contributed by atoms with Crippen LogP contribution < -0.4 is 14.5 Å². The van der Waals surface area contributed by atoms with E-state index in [4.69, 9.17) is 9.47 Å². The number of hydrogen-bond donors (Lipinski definition) is 2. The molecule has 0 amide bonds. The summed E-state index contributed by atoms with van der Waals surface area (Å²) in [7, 11) is 0. The van der Waals surface area contributed by atoms with E-state index < -0.39 is 0 Å². The summed E-state index contributed by atoms with van der Waals surface area (Å²) in [6, 6.07) is 5.99. The molecular formula is C22H32NO4+. The fourth-order valence-corrected chi connectivity index (χ4v) is 3.33. The Morgan fingerprint density at radius 2 is 1.85 bits per heavy atom. The van der Waals surface area contributed by atoms with E-state index in [9.17, 15) is 9.90 Å². The third kappa shape index (κ3) is 5.84. The van der Waals surface area contributed by atoms with E-state index in [0.717, 1.165) is 48.5 Å². The number of nitrogens with one attached hydrogen (secondary N) is 1. The molecule has 1 aliphatic carbocycles. The van der Waals surface area contributed by atoms with Gasteiger partial charge in [0.15, 0.2) is 23.0 Å². The Labute approximate surface area is 162 Å². The van der Waals surface area contributed by atoms with E-state index in [-0.39, 0.29) is 11.5 Å². The van der Waals surface area contributed by atoms with E-state index in [1.54, 1.807) is 0 Å². The lowest BCUT2D eigenvalue weighted by molar-refractivity contribution is -0.457. The van der Waals surface area contributed by atoms with Crippen molar-refractivity contribution in [1.29, 1.82) is 0 Å². The van der Waals surface area contributed by atoms with Crippen LogP contribution in [-0.4, -0.2) is 36.4 Å². The lowest BCUT2D eigenvalue weighted by Crippen LogP contribution is -2.74. The number of allylic oxidation sites excluding steroid dienone is 2. The van der Waals surface area contributed by atoms with Gasteiger partial charge >= 0.3 is 0 Å². The Kier molecular flexibility index (Phi) is 8.37. The van der Waals surface area contributed by atoms with E-state index in [0.29, 0.717) is 38.2 Å². The third-order valence-corrected chi connectivity index (χ3v) is 4.55. The minimum Gasteiger partial charge on any atom is -0.511 e. The number of aliphatic hydroxyl groups excluding tert-OH is 1. The summed E-state index contributed by atoms with van der Waals surface area (Å²) in [5, 5.41) is 10.2. The summed E-state index contributed by atoms with van der Waals surface area (Å²) in [6.45, 7) is 7.87. The summed E-state index contributed by atoms with van der Waals surface area (Å²) in [4.78, 5) is 15.7. The first-order chi connectivity index (χ1) is 13.1. The Hall–Kier alpha value is -2.30. The van der Waals surface area contributed by atoms with Gasteiger partial charge in [0.05, 0.1) is 13.2 Å². The van der Waals surface area contributed by atoms with Crippen molar-refractivity contribution < 1.29 is 24.4 Å². The van der Waals surface area contributed by atoms with Gasteiger partial charge in [-0.2, -0.15) is 0 Å². The van der Waals surface area contributed by atoms with E-state index in [1.165, 1.54) is 0 Å². The molecule has 27 heavy (non-hydrogen) atoms.